The smallest absolute Gasteiger partial charge is 0.0701 e. The van der Waals surface area contributed by atoms with Gasteiger partial charge in [0.1, 0.15) is 0 Å². The van der Waals surface area contributed by atoms with Crippen LogP contribution in [0.3, 0.4) is 0 Å². The van der Waals surface area contributed by atoms with Crippen LogP contribution in [0.1, 0.15) is 78.1 Å². The zero-order chi connectivity index (χ0) is 16.1. The molecule has 0 aliphatic heterocycles. The Labute approximate surface area is 142 Å². The maximum absolute atomic E-state index is 9.02. The fourth-order valence-corrected chi connectivity index (χ4v) is 7.58. The number of fused-ring (bicyclic) bond motifs is 5. The summed E-state index contributed by atoms with van der Waals surface area (Å²) in [6, 6.07) is 0. The maximum atomic E-state index is 9.02. The van der Waals surface area contributed by atoms with E-state index in [4.69, 9.17) is 9.84 Å². The molecular formula is C21H36O2. The van der Waals surface area contributed by atoms with Crippen molar-refractivity contribution < 1.29 is 9.84 Å². The first kappa shape index (κ1) is 16.4. The van der Waals surface area contributed by atoms with Crippen molar-refractivity contribution in [1.82, 2.24) is 0 Å². The Hall–Kier alpha value is -0.0800. The third-order valence-electron chi connectivity index (χ3n) is 8.84. The molecule has 7 atom stereocenters. The summed E-state index contributed by atoms with van der Waals surface area (Å²) >= 11 is 0. The largest absolute Gasteiger partial charge is 0.394 e. The molecule has 132 valence electrons. The van der Waals surface area contributed by atoms with Crippen molar-refractivity contribution in [2.75, 3.05) is 13.2 Å². The molecule has 0 heterocycles. The molecule has 0 radical (unpaired) electrons. The molecule has 4 rings (SSSR count). The normalized spacial score (nSPS) is 52.6. The number of ether oxygens (including phenoxy) is 1. The number of aliphatic hydroxyl groups excluding tert-OH is 1. The van der Waals surface area contributed by atoms with Crippen LogP contribution in [0.4, 0.5) is 0 Å². The van der Waals surface area contributed by atoms with Crippen LogP contribution in [0.5, 0.6) is 0 Å². The Bertz CT molecular complexity index is 436. The van der Waals surface area contributed by atoms with E-state index in [-0.39, 0.29) is 6.61 Å². The van der Waals surface area contributed by atoms with Gasteiger partial charge in [0, 0.05) is 0 Å². The Morgan fingerprint density at radius 3 is 2.65 bits per heavy atom. The summed E-state index contributed by atoms with van der Waals surface area (Å²) in [5.41, 5.74) is 1.26. The minimum atomic E-state index is 0.170. The first-order valence-electron chi connectivity index (χ1n) is 10.3. The summed E-state index contributed by atoms with van der Waals surface area (Å²) in [5.74, 6) is 3.90. The fourth-order valence-electron chi connectivity index (χ4n) is 7.58. The summed E-state index contributed by atoms with van der Waals surface area (Å²) < 4.78 is 5.90. The standard InChI is InChI=1S/C21H36O2/c1-20-9-3-4-18(20)17-6-5-15-14-16(23-13-12-22)7-11-21(15,2)19(17)8-10-20/h15-19,22H,3-14H2,1-2H3/t15-,16+,17?,18?,19?,20?,21?/m0/s1. The van der Waals surface area contributed by atoms with Crippen LogP contribution in [-0.4, -0.2) is 24.4 Å². The van der Waals surface area contributed by atoms with Crippen molar-refractivity contribution in [2.45, 2.75) is 84.2 Å². The van der Waals surface area contributed by atoms with Gasteiger partial charge in [-0.05, 0) is 92.3 Å². The van der Waals surface area contributed by atoms with Gasteiger partial charge in [0.05, 0.1) is 19.3 Å². The molecule has 0 bridgehead atoms. The van der Waals surface area contributed by atoms with Gasteiger partial charge in [-0.3, -0.25) is 0 Å². The molecule has 4 aliphatic rings. The molecule has 4 fully saturated rings. The highest BCUT2D eigenvalue weighted by atomic mass is 16.5. The van der Waals surface area contributed by atoms with Gasteiger partial charge in [0.15, 0.2) is 0 Å². The van der Waals surface area contributed by atoms with Crippen LogP contribution in [-0.2, 0) is 4.74 Å². The molecule has 4 aliphatic carbocycles. The van der Waals surface area contributed by atoms with Gasteiger partial charge in [-0.1, -0.05) is 20.3 Å². The Morgan fingerprint density at radius 1 is 0.957 bits per heavy atom. The van der Waals surface area contributed by atoms with Crippen molar-refractivity contribution >= 4 is 0 Å². The van der Waals surface area contributed by atoms with Crippen molar-refractivity contribution in [1.29, 1.82) is 0 Å². The molecule has 2 nitrogen and oxygen atoms in total. The van der Waals surface area contributed by atoms with Gasteiger partial charge in [-0.2, -0.15) is 0 Å². The molecule has 0 aromatic carbocycles. The highest BCUT2D eigenvalue weighted by Gasteiger charge is 2.57. The van der Waals surface area contributed by atoms with E-state index in [1.54, 1.807) is 0 Å². The van der Waals surface area contributed by atoms with E-state index >= 15 is 0 Å². The zero-order valence-corrected chi connectivity index (χ0v) is 15.2. The van der Waals surface area contributed by atoms with Crippen molar-refractivity contribution in [3.63, 3.8) is 0 Å². The third kappa shape index (κ3) is 2.59. The van der Waals surface area contributed by atoms with E-state index < -0.39 is 0 Å². The second kappa shape index (κ2) is 6.02. The molecule has 0 saturated heterocycles. The lowest BCUT2D eigenvalue weighted by Crippen LogP contribution is -2.53. The minimum Gasteiger partial charge on any atom is -0.394 e. The van der Waals surface area contributed by atoms with E-state index in [0.29, 0.717) is 23.5 Å². The van der Waals surface area contributed by atoms with Gasteiger partial charge >= 0.3 is 0 Å². The SMILES string of the molecule is CC12CCCC1C1CC[C@H]3C[C@H](OCCO)CCC3(C)C1CC2. The van der Waals surface area contributed by atoms with Crippen LogP contribution >= 0.6 is 0 Å². The van der Waals surface area contributed by atoms with Gasteiger partial charge in [-0.15, -0.1) is 0 Å². The van der Waals surface area contributed by atoms with Gasteiger partial charge < -0.3 is 9.84 Å². The van der Waals surface area contributed by atoms with Crippen LogP contribution in [0, 0.1) is 34.5 Å². The fraction of sp³-hybridized carbons (Fsp3) is 1.00. The van der Waals surface area contributed by atoms with Gasteiger partial charge in [0.2, 0.25) is 0 Å². The van der Waals surface area contributed by atoms with E-state index in [2.05, 4.69) is 13.8 Å². The molecule has 0 aromatic rings. The van der Waals surface area contributed by atoms with Crippen LogP contribution in [0.25, 0.3) is 0 Å². The number of rotatable bonds is 3. The molecule has 1 N–H and O–H groups in total. The highest BCUT2D eigenvalue weighted by Crippen LogP contribution is 2.66. The van der Waals surface area contributed by atoms with E-state index in [1.165, 1.54) is 64.2 Å². The van der Waals surface area contributed by atoms with Crippen LogP contribution < -0.4 is 0 Å². The predicted molar refractivity (Wildman–Crippen MR) is 93.2 cm³/mol. The monoisotopic (exact) mass is 320 g/mol. The molecule has 0 amide bonds. The molecule has 23 heavy (non-hydrogen) atoms. The lowest BCUT2D eigenvalue weighted by molar-refractivity contribution is -0.131. The lowest BCUT2D eigenvalue weighted by atomic mass is 9.45. The van der Waals surface area contributed by atoms with Crippen molar-refractivity contribution in [3.05, 3.63) is 0 Å². The number of aliphatic hydroxyl groups is 1. The molecule has 4 saturated carbocycles. The van der Waals surface area contributed by atoms with Gasteiger partial charge in [0.25, 0.3) is 0 Å². The topological polar surface area (TPSA) is 29.5 Å². The molecular weight excluding hydrogens is 284 g/mol. The van der Waals surface area contributed by atoms with E-state index in [0.717, 1.165) is 23.7 Å². The minimum absolute atomic E-state index is 0.170. The zero-order valence-electron chi connectivity index (χ0n) is 15.2. The predicted octanol–water partition coefficient (Wildman–Crippen LogP) is 4.80. The molecule has 0 aromatic heterocycles. The Kier molecular flexibility index (Phi) is 4.29. The highest BCUT2D eigenvalue weighted by molar-refractivity contribution is 5.07. The van der Waals surface area contributed by atoms with Crippen LogP contribution in [0.15, 0.2) is 0 Å². The molecule has 5 unspecified atom stereocenters. The number of hydrogen-bond donors (Lipinski definition) is 1. The average Bonchev–Trinajstić information content (AvgIpc) is 2.94. The van der Waals surface area contributed by atoms with Crippen molar-refractivity contribution in [2.24, 2.45) is 34.5 Å². The van der Waals surface area contributed by atoms with E-state index in [1.807, 2.05) is 0 Å². The first-order valence-corrected chi connectivity index (χ1v) is 10.3. The van der Waals surface area contributed by atoms with Crippen molar-refractivity contribution in [3.8, 4) is 0 Å². The molecule has 0 spiro atoms. The third-order valence-corrected chi connectivity index (χ3v) is 8.84. The Morgan fingerprint density at radius 2 is 1.83 bits per heavy atom. The summed E-state index contributed by atoms with van der Waals surface area (Å²) in [6.07, 6.45) is 14.6. The lowest BCUT2D eigenvalue weighted by Gasteiger charge is -2.60. The first-order chi connectivity index (χ1) is 11.1. The summed E-state index contributed by atoms with van der Waals surface area (Å²) in [7, 11) is 0. The maximum Gasteiger partial charge on any atom is 0.0701 e. The summed E-state index contributed by atoms with van der Waals surface area (Å²) in [6.45, 7) is 5.94. The second-order valence-corrected chi connectivity index (χ2v) is 9.73. The Balaban J connectivity index is 1.49. The van der Waals surface area contributed by atoms with Gasteiger partial charge in [-0.25, -0.2) is 0 Å². The quantitative estimate of drug-likeness (QED) is 0.809. The average molecular weight is 321 g/mol. The summed E-state index contributed by atoms with van der Waals surface area (Å²) in [5, 5.41) is 9.02. The number of hydrogen-bond acceptors (Lipinski definition) is 2. The van der Waals surface area contributed by atoms with Crippen LogP contribution in [0.2, 0.25) is 0 Å². The second-order valence-electron chi connectivity index (χ2n) is 9.73. The summed E-state index contributed by atoms with van der Waals surface area (Å²) in [4.78, 5) is 0. The molecule has 2 heteroatoms. The van der Waals surface area contributed by atoms with E-state index in [9.17, 15) is 0 Å².